The second-order valence-corrected chi connectivity index (χ2v) is 16.0. The van der Waals surface area contributed by atoms with Gasteiger partial charge < -0.3 is 0 Å². The summed E-state index contributed by atoms with van der Waals surface area (Å²) in [5.41, 5.74) is 1.58. The van der Waals surface area contributed by atoms with Crippen molar-refractivity contribution in [3.8, 4) is 0 Å². The van der Waals surface area contributed by atoms with Crippen LogP contribution in [0.4, 0.5) is 0 Å². The van der Waals surface area contributed by atoms with Crippen LogP contribution in [0.25, 0.3) is 0 Å². The van der Waals surface area contributed by atoms with E-state index in [4.69, 9.17) is 0 Å². The average Bonchev–Trinajstić information content (AvgIpc) is 3.59. The summed E-state index contributed by atoms with van der Waals surface area (Å²) >= 11 is 0. The molecule has 0 spiro atoms. The van der Waals surface area contributed by atoms with Gasteiger partial charge in [0.25, 0.3) is 0 Å². The fourth-order valence-corrected chi connectivity index (χ4v) is 11.0. The third kappa shape index (κ3) is 6.09. The van der Waals surface area contributed by atoms with E-state index in [-0.39, 0.29) is 0 Å². The predicted molar refractivity (Wildman–Crippen MR) is 164 cm³/mol. The molecule has 37 heavy (non-hydrogen) atoms. The van der Waals surface area contributed by atoms with Crippen molar-refractivity contribution in [1.82, 2.24) is 0 Å². The SMILES string of the molecule is CCC1C2CC[C@@H](C3CCCC(C4(C)/C=C\CCCCCCCC4)(C(C)(CC)CC)CC(C)(C)C3)CC12. The third-order valence-corrected chi connectivity index (χ3v) is 13.5. The Hall–Kier alpha value is -0.260. The fraction of sp³-hybridized carbons (Fsp3) is 0.946. The summed E-state index contributed by atoms with van der Waals surface area (Å²) in [4.78, 5) is 0. The first-order valence-corrected chi connectivity index (χ1v) is 17.3. The second-order valence-electron chi connectivity index (χ2n) is 16.0. The van der Waals surface area contributed by atoms with Gasteiger partial charge in [0.05, 0.1) is 0 Å². The smallest absolute Gasteiger partial charge is 0.00847 e. The number of fused-ring (bicyclic) bond motifs is 1. The lowest BCUT2D eigenvalue weighted by Crippen LogP contribution is -2.53. The average molecular weight is 511 g/mol. The van der Waals surface area contributed by atoms with Gasteiger partial charge >= 0.3 is 0 Å². The highest BCUT2D eigenvalue weighted by atomic mass is 14.6. The van der Waals surface area contributed by atoms with Gasteiger partial charge in [-0.15, -0.1) is 0 Å². The molecule has 0 bridgehead atoms. The van der Waals surface area contributed by atoms with Crippen LogP contribution in [-0.2, 0) is 0 Å². The Kier molecular flexibility index (Phi) is 9.71. The molecule has 0 heteroatoms. The van der Waals surface area contributed by atoms with Crippen molar-refractivity contribution in [2.24, 2.45) is 51.2 Å². The molecule has 0 radical (unpaired) electrons. The zero-order chi connectivity index (χ0) is 26.7. The number of rotatable bonds is 6. The van der Waals surface area contributed by atoms with E-state index in [1.807, 2.05) is 0 Å². The molecule has 4 rings (SSSR count). The van der Waals surface area contributed by atoms with E-state index < -0.39 is 0 Å². The lowest BCUT2D eigenvalue weighted by molar-refractivity contribution is -0.109. The minimum Gasteiger partial charge on any atom is -0.0880 e. The largest absolute Gasteiger partial charge is 0.0880 e. The minimum atomic E-state index is 0.322. The first-order chi connectivity index (χ1) is 17.6. The van der Waals surface area contributed by atoms with Crippen LogP contribution in [0.2, 0.25) is 0 Å². The summed E-state index contributed by atoms with van der Waals surface area (Å²) in [6.07, 6.45) is 32.9. The summed E-state index contributed by atoms with van der Waals surface area (Å²) in [7, 11) is 0. The maximum Gasteiger partial charge on any atom is -0.00847 e. The van der Waals surface area contributed by atoms with Crippen LogP contribution < -0.4 is 0 Å². The number of hydrogen-bond acceptors (Lipinski definition) is 0. The normalized spacial score (nSPS) is 42.5. The molecule has 0 saturated heterocycles. The highest BCUT2D eigenvalue weighted by molar-refractivity contribution is 5.15. The number of allylic oxidation sites excluding steroid dienone is 2. The molecule has 0 heterocycles. The first-order valence-electron chi connectivity index (χ1n) is 17.3. The van der Waals surface area contributed by atoms with E-state index in [0.717, 1.165) is 29.6 Å². The summed E-state index contributed by atoms with van der Waals surface area (Å²) < 4.78 is 0. The molecule has 0 aromatic heterocycles. The Morgan fingerprint density at radius 2 is 1.46 bits per heavy atom. The Balaban J connectivity index is 1.62. The van der Waals surface area contributed by atoms with Gasteiger partial charge in [0, 0.05) is 0 Å². The fourth-order valence-electron chi connectivity index (χ4n) is 11.0. The van der Waals surface area contributed by atoms with Crippen LogP contribution in [0.1, 0.15) is 170 Å². The summed E-state index contributed by atoms with van der Waals surface area (Å²) in [5.74, 6) is 5.33. The van der Waals surface area contributed by atoms with Crippen LogP contribution in [0, 0.1) is 51.2 Å². The first kappa shape index (κ1) is 29.7. The Bertz CT molecular complexity index is 735. The van der Waals surface area contributed by atoms with E-state index in [1.54, 1.807) is 19.3 Å². The highest BCUT2D eigenvalue weighted by Crippen LogP contribution is 2.67. The van der Waals surface area contributed by atoms with Crippen LogP contribution in [-0.4, -0.2) is 0 Å². The van der Waals surface area contributed by atoms with Gasteiger partial charge in [-0.3, -0.25) is 0 Å². The van der Waals surface area contributed by atoms with Crippen molar-refractivity contribution in [3.05, 3.63) is 12.2 Å². The van der Waals surface area contributed by atoms with Crippen molar-refractivity contribution >= 4 is 0 Å². The molecule has 3 fully saturated rings. The van der Waals surface area contributed by atoms with Crippen molar-refractivity contribution in [3.63, 3.8) is 0 Å². The standard InChI is InChI=1S/C37H66/c1-8-31-32-22-21-29(26-33(31)32)30-20-19-25-37(28-34(4,5)27-30,35(6,9-2)10-3)36(7)23-17-15-13-11-12-14-16-18-24-36/h17,23,29-33H,8-16,18-22,24-28H2,1-7H3/b23-17-/t29-,30?,31?,32?,33?,36?,37?/m1/s1. The van der Waals surface area contributed by atoms with Crippen molar-refractivity contribution < 1.29 is 0 Å². The molecule has 6 unspecified atom stereocenters. The molecule has 4 aliphatic carbocycles. The van der Waals surface area contributed by atoms with Crippen LogP contribution in [0.3, 0.4) is 0 Å². The quantitative estimate of drug-likeness (QED) is 0.312. The van der Waals surface area contributed by atoms with Gasteiger partial charge in [-0.2, -0.15) is 0 Å². The van der Waals surface area contributed by atoms with Gasteiger partial charge in [0.1, 0.15) is 0 Å². The maximum absolute atomic E-state index is 2.80. The van der Waals surface area contributed by atoms with Crippen LogP contribution in [0.5, 0.6) is 0 Å². The molecule has 0 aromatic rings. The zero-order valence-electron chi connectivity index (χ0n) is 26.5. The van der Waals surface area contributed by atoms with Crippen LogP contribution >= 0.6 is 0 Å². The molecule has 7 atom stereocenters. The van der Waals surface area contributed by atoms with Gasteiger partial charge in [0.15, 0.2) is 0 Å². The third-order valence-electron chi connectivity index (χ3n) is 13.5. The summed E-state index contributed by atoms with van der Waals surface area (Å²) in [5, 5.41) is 0. The molecular weight excluding hydrogens is 444 g/mol. The van der Waals surface area contributed by atoms with Gasteiger partial charge in [-0.1, -0.05) is 125 Å². The predicted octanol–water partition coefficient (Wildman–Crippen LogP) is 12.2. The van der Waals surface area contributed by atoms with Crippen molar-refractivity contribution in [2.45, 2.75) is 170 Å². The van der Waals surface area contributed by atoms with Gasteiger partial charge in [0.2, 0.25) is 0 Å². The molecule has 0 aliphatic heterocycles. The molecule has 0 amide bonds. The lowest BCUT2D eigenvalue weighted by atomic mass is 9.42. The van der Waals surface area contributed by atoms with Crippen LogP contribution in [0.15, 0.2) is 12.2 Å². The minimum absolute atomic E-state index is 0.322. The van der Waals surface area contributed by atoms with E-state index in [1.165, 1.54) is 103 Å². The Morgan fingerprint density at radius 1 is 0.757 bits per heavy atom. The van der Waals surface area contributed by atoms with Gasteiger partial charge in [-0.25, -0.2) is 0 Å². The molecule has 0 aromatic carbocycles. The van der Waals surface area contributed by atoms with E-state index >= 15 is 0 Å². The molecule has 0 N–H and O–H groups in total. The van der Waals surface area contributed by atoms with E-state index in [0.29, 0.717) is 21.7 Å². The highest BCUT2D eigenvalue weighted by Gasteiger charge is 2.58. The Morgan fingerprint density at radius 3 is 2.16 bits per heavy atom. The van der Waals surface area contributed by atoms with E-state index in [2.05, 4.69) is 60.6 Å². The molecule has 3 saturated carbocycles. The monoisotopic (exact) mass is 511 g/mol. The summed E-state index contributed by atoms with van der Waals surface area (Å²) in [6, 6.07) is 0. The molecular formula is C37H66. The molecule has 0 nitrogen and oxygen atoms in total. The van der Waals surface area contributed by atoms with Crippen molar-refractivity contribution in [2.75, 3.05) is 0 Å². The second kappa shape index (κ2) is 12.1. The van der Waals surface area contributed by atoms with Gasteiger partial charge in [-0.05, 0) is 109 Å². The zero-order valence-corrected chi connectivity index (χ0v) is 26.5. The molecule has 4 aliphatic rings. The van der Waals surface area contributed by atoms with E-state index in [9.17, 15) is 0 Å². The molecule has 214 valence electrons. The maximum atomic E-state index is 2.80. The summed E-state index contributed by atoms with van der Waals surface area (Å²) in [6.45, 7) is 18.3. The van der Waals surface area contributed by atoms with Crippen molar-refractivity contribution in [1.29, 1.82) is 0 Å². The topological polar surface area (TPSA) is 0 Å². The lowest BCUT2D eigenvalue weighted by Gasteiger charge is -2.62. The Labute approximate surface area is 233 Å². The number of hydrogen-bond donors (Lipinski definition) is 0.